The fraction of sp³-hybridized carbons (Fsp3) is 0.286. The van der Waals surface area contributed by atoms with Gasteiger partial charge in [0.1, 0.15) is 4.90 Å². The van der Waals surface area contributed by atoms with E-state index in [4.69, 9.17) is 9.52 Å². The van der Waals surface area contributed by atoms with Crippen molar-refractivity contribution in [2.45, 2.75) is 11.8 Å². The Kier molecular flexibility index (Phi) is 3.53. The quantitative estimate of drug-likeness (QED) is 0.865. The summed E-state index contributed by atoms with van der Waals surface area (Å²) >= 11 is 2.84. The molecule has 6 nitrogen and oxygen atoms in total. The van der Waals surface area contributed by atoms with Crippen LogP contribution in [0.5, 0.6) is 0 Å². The van der Waals surface area contributed by atoms with Crippen LogP contribution >= 0.6 is 15.9 Å². The number of rotatable bonds is 4. The van der Waals surface area contributed by atoms with Crippen molar-refractivity contribution in [1.82, 2.24) is 4.72 Å². The lowest BCUT2D eigenvalue weighted by molar-refractivity contribution is 0.0661. The van der Waals surface area contributed by atoms with Crippen LogP contribution in [0.15, 0.2) is 20.0 Å². The third-order valence-electron chi connectivity index (χ3n) is 1.49. The van der Waals surface area contributed by atoms with Crippen molar-refractivity contribution in [2.24, 2.45) is 0 Å². The first-order valence-electron chi connectivity index (χ1n) is 3.90. The molecule has 0 bridgehead atoms. The molecule has 1 aromatic rings. The Morgan fingerprint density at radius 3 is 2.67 bits per heavy atom. The van der Waals surface area contributed by atoms with E-state index in [1.165, 1.54) is 0 Å². The van der Waals surface area contributed by atoms with E-state index in [-0.39, 0.29) is 16.1 Å². The lowest BCUT2D eigenvalue weighted by Gasteiger charge is -2.00. The highest BCUT2D eigenvalue weighted by Crippen LogP contribution is 2.25. The zero-order valence-corrected chi connectivity index (χ0v) is 10.1. The number of carboxylic acid groups (broad SMARTS) is 1. The van der Waals surface area contributed by atoms with Crippen LogP contribution in [0.3, 0.4) is 0 Å². The number of furan rings is 1. The Labute approximate surface area is 94.5 Å². The van der Waals surface area contributed by atoms with Gasteiger partial charge in [0.05, 0.1) is 0 Å². The molecule has 0 fully saturated rings. The van der Waals surface area contributed by atoms with Crippen molar-refractivity contribution >= 4 is 31.9 Å². The summed E-state index contributed by atoms with van der Waals surface area (Å²) in [5.74, 6) is -1.76. The van der Waals surface area contributed by atoms with Crippen LogP contribution in [0.1, 0.15) is 17.5 Å². The third-order valence-corrected chi connectivity index (χ3v) is 3.89. The number of carboxylic acids is 1. The van der Waals surface area contributed by atoms with E-state index in [0.29, 0.717) is 0 Å². The molecule has 1 heterocycles. The molecule has 2 N–H and O–H groups in total. The molecule has 1 rings (SSSR count). The summed E-state index contributed by atoms with van der Waals surface area (Å²) in [4.78, 5) is 10.3. The van der Waals surface area contributed by atoms with E-state index in [9.17, 15) is 13.2 Å². The van der Waals surface area contributed by atoms with Crippen molar-refractivity contribution in [3.63, 3.8) is 0 Å². The standard InChI is InChI=1S/C7H8BrNO5S/c1-2-9-15(12,13)5-3-4(7(10)11)14-6(5)8/h3,9H,2H2,1H3,(H,10,11). The molecular formula is C7H8BrNO5S. The van der Waals surface area contributed by atoms with Gasteiger partial charge in [0.2, 0.25) is 15.8 Å². The van der Waals surface area contributed by atoms with Crippen molar-refractivity contribution in [3.8, 4) is 0 Å². The maximum atomic E-state index is 11.5. The van der Waals surface area contributed by atoms with Gasteiger partial charge in [-0.25, -0.2) is 17.9 Å². The Morgan fingerprint density at radius 1 is 1.67 bits per heavy atom. The largest absolute Gasteiger partial charge is 0.475 e. The van der Waals surface area contributed by atoms with Crippen LogP contribution < -0.4 is 4.72 Å². The number of aromatic carboxylic acids is 1. The first kappa shape index (κ1) is 12.2. The zero-order valence-electron chi connectivity index (χ0n) is 7.65. The lowest BCUT2D eigenvalue weighted by Crippen LogP contribution is -2.22. The molecule has 0 saturated heterocycles. The van der Waals surface area contributed by atoms with Crippen molar-refractivity contribution in [3.05, 3.63) is 16.5 Å². The Morgan fingerprint density at radius 2 is 2.27 bits per heavy atom. The first-order chi connectivity index (χ1) is 6.88. The van der Waals surface area contributed by atoms with Gasteiger partial charge in [-0.15, -0.1) is 0 Å². The van der Waals surface area contributed by atoms with Gasteiger partial charge in [-0.05, 0) is 15.9 Å². The summed E-state index contributed by atoms with van der Waals surface area (Å²) in [7, 11) is -3.71. The second-order valence-electron chi connectivity index (χ2n) is 2.56. The van der Waals surface area contributed by atoms with Crippen molar-refractivity contribution in [1.29, 1.82) is 0 Å². The number of halogens is 1. The second-order valence-corrected chi connectivity index (χ2v) is 5.01. The smallest absolute Gasteiger partial charge is 0.371 e. The Bertz CT molecular complexity index is 478. The molecule has 8 heteroatoms. The molecule has 0 amide bonds. The number of nitrogens with one attached hydrogen (secondary N) is 1. The van der Waals surface area contributed by atoms with Crippen LogP contribution in [-0.4, -0.2) is 26.0 Å². The molecular weight excluding hydrogens is 290 g/mol. The van der Waals surface area contributed by atoms with Crippen LogP contribution in [0.25, 0.3) is 0 Å². The molecule has 0 unspecified atom stereocenters. The lowest BCUT2D eigenvalue weighted by atomic mass is 10.5. The van der Waals surface area contributed by atoms with Gasteiger partial charge in [-0.2, -0.15) is 0 Å². The summed E-state index contributed by atoms with van der Waals surface area (Å²) in [6.07, 6.45) is 0. The van der Waals surface area contributed by atoms with E-state index < -0.39 is 21.8 Å². The van der Waals surface area contributed by atoms with Gasteiger partial charge in [0.25, 0.3) is 0 Å². The van der Waals surface area contributed by atoms with E-state index in [2.05, 4.69) is 20.7 Å². The molecule has 1 aromatic heterocycles. The molecule has 0 aliphatic carbocycles. The van der Waals surface area contributed by atoms with Gasteiger partial charge in [0.15, 0.2) is 4.67 Å². The number of hydrogen-bond donors (Lipinski definition) is 2. The SMILES string of the molecule is CCNS(=O)(=O)c1cc(C(=O)O)oc1Br. The van der Waals surface area contributed by atoms with Gasteiger partial charge >= 0.3 is 5.97 Å². The minimum absolute atomic E-state index is 0.124. The zero-order chi connectivity index (χ0) is 11.6. The minimum atomic E-state index is -3.71. The van der Waals surface area contributed by atoms with Crippen molar-refractivity contribution < 1.29 is 22.7 Å². The molecule has 0 radical (unpaired) electrons. The monoisotopic (exact) mass is 297 g/mol. The maximum absolute atomic E-state index is 11.5. The van der Waals surface area contributed by atoms with Gasteiger partial charge < -0.3 is 9.52 Å². The van der Waals surface area contributed by atoms with Crippen molar-refractivity contribution in [2.75, 3.05) is 6.54 Å². The molecule has 84 valence electrons. The fourth-order valence-corrected chi connectivity index (χ4v) is 2.89. The summed E-state index contributed by atoms with van der Waals surface area (Å²) in [6.45, 7) is 1.83. The van der Waals surface area contributed by atoms with E-state index in [1.807, 2.05) is 0 Å². The van der Waals surface area contributed by atoms with Crippen LogP contribution in [0.2, 0.25) is 0 Å². The van der Waals surface area contributed by atoms with Crippen LogP contribution in [-0.2, 0) is 10.0 Å². The maximum Gasteiger partial charge on any atom is 0.371 e. The Hall–Kier alpha value is -0.860. The molecule has 0 aromatic carbocycles. The summed E-state index contributed by atoms with van der Waals surface area (Å²) in [6, 6.07) is 0.949. The number of hydrogen-bond acceptors (Lipinski definition) is 4. The topological polar surface area (TPSA) is 96.6 Å². The predicted molar refractivity (Wildman–Crippen MR) is 54.2 cm³/mol. The normalized spacial score (nSPS) is 11.6. The van der Waals surface area contributed by atoms with Gasteiger partial charge in [0, 0.05) is 12.6 Å². The predicted octanol–water partition coefficient (Wildman–Crippen LogP) is 1.04. The highest BCUT2D eigenvalue weighted by Gasteiger charge is 2.23. The van der Waals surface area contributed by atoms with E-state index in [0.717, 1.165) is 6.07 Å². The molecule has 0 aliphatic heterocycles. The third kappa shape index (κ3) is 2.58. The highest BCUT2D eigenvalue weighted by molar-refractivity contribution is 9.10. The molecule has 0 aliphatic rings. The molecule has 0 atom stereocenters. The molecule has 0 saturated carbocycles. The summed E-state index contributed by atoms with van der Waals surface area (Å²) in [5, 5.41) is 8.59. The highest BCUT2D eigenvalue weighted by atomic mass is 79.9. The minimum Gasteiger partial charge on any atom is -0.475 e. The van der Waals surface area contributed by atoms with Crippen LogP contribution in [0.4, 0.5) is 0 Å². The van der Waals surface area contributed by atoms with E-state index in [1.54, 1.807) is 6.92 Å². The number of sulfonamides is 1. The molecule has 0 spiro atoms. The fourth-order valence-electron chi connectivity index (χ4n) is 0.908. The van der Waals surface area contributed by atoms with Crippen LogP contribution in [0, 0.1) is 0 Å². The second kappa shape index (κ2) is 4.33. The average Bonchev–Trinajstić information content (AvgIpc) is 2.47. The van der Waals surface area contributed by atoms with Gasteiger partial charge in [-0.1, -0.05) is 6.92 Å². The first-order valence-corrected chi connectivity index (χ1v) is 6.18. The Balaban J connectivity index is 3.21. The summed E-state index contributed by atoms with van der Waals surface area (Å²) < 4.78 is 29.8. The van der Waals surface area contributed by atoms with Gasteiger partial charge in [-0.3, -0.25) is 0 Å². The molecule has 15 heavy (non-hydrogen) atoms. The number of carbonyl (C=O) groups is 1. The average molecular weight is 298 g/mol. The summed E-state index contributed by atoms with van der Waals surface area (Å²) in [5.41, 5.74) is 0. The van der Waals surface area contributed by atoms with E-state index >= 15 is 0 Å².